The van der Waals surface area contributed by atoms with Crippen molar-refractivity contribution in [1.29, 1.82) is 0 Å². The summed E-state index contributed by atoms with van der Waals surface area (Å²) in [5.41, 5.74) is 4.98. The average molecular weight is 431 g/mol. The van der Waals surface area contributed by atoms with E-state index < -0.39 is 0 Å². The van der Waals surface area contributed by atoms with Crippen LogP contribution in [0.4, 0.5) is 0 Å². The van der Waals surface area contributed by atoms with Gasteiger partial charge in [0, 0.05) is 6.08 Å². The van der Waals surface area contributed by atoms with E-state index in [0.717, 1.165) is 12.0 Å². The van der Waals surface area contributed by atoms with Crippen LogP contribution in [-0.4, -0.2) is 5.97 Å². The van der Waals surface area contributed by atoms with E-state index in [0.29, 0.717) is 16.6 Å². The van der Waals surface area contributed by atoms with Crippen LogP contribution in [0.1, 0.15) is 90.0 Å². The Morgan fingerprint density at radius 1 is 0.844 bits per heavy atom. The highest BCUT2D eigenvalue weighted by Gasteiger charge is 2.48. The van der Waals surface area contributed by atoms with E-state index in [1.807, 2.05) is 37.3 Å². The number of benzene rings is 2. The number of allylic oxidation sites excluding steroid dienone is 1. The van der Waals surface area contributed by atoms with Gasteiger partial charge in [-0.2, -0.15) is 0 Å². The Bertz CT molecular complexity index is 896. The third-order valence-corrected chi connectivity index (χ3v) is 8.11. The number of carbonyl (C=O) groups excluding carboxylic acids is 1. The predicted octanol–water partition coefficient (Wildman–Crippen LogP) is 8.40. The molecule has 0 aromatic heterocycles. The Morgan fingerprint density at radius 3 is 2.00 bits per heavy atom. The zero-order valence-electron chi connectivity index (χ0n) is 19.9. The molecule has 5 rings (SSSR count). The molecular formula is C30H38O2. The van der Waals surface area contributed by atoms with Gasteiger partial charge in [0.2, 0.25) is 0 Å². The van der Waals surface area contributed by atoms with Crippen molar-refractivity contribution in [2.24, 2.45) is 5.41 Å². The van der Waals surface area contributed by atoms with E-state index in [2.05, 4.69) is 31.2 Å². The first-order valence-corrected chi connectivity index (χ1v) is 12.7. The van der Waals surface area contributed by atoms with Crippen LogP contribution >= 0.6 is 0 Å². The molecule has 3 aliphatic rings. The summed E-state index contributed by atoms with van der Waals surface area (Å²) in [5.74, 6) is 0.263. The van der Waals surface area contributed by atoms with E-state index in [4.69, 9.17) is 4.74 Å². The SMILES string of the molecule is CC/C=C/C(=O)Oc1ccc(-c2ccc(C34CCC(CCCCC)(CC3)CC4)cc2)cc1. The summed E-state index contributed by atoms with van der Waals surface area (Å²) in [5, 5.41) is 0. The zero-order chi connectivity index (χ0) is 22.4. The fourth-order valence-electron chi connectivity index (χ4n) is 5.92. The van der Waals surface area contributed by atoms with Crippen LogP contribution in [0.2, 0.25) is 0 Å². The van der Waals surface area contributed by atoms with Crippen LogP contribution in [0, 0.1) is 5.41 Å². The van der Waals surface area contributed by atoms with Crippen LogP contribution in [0.5, 0.6) is 5.75 Å². The van der Waals surface area contributed by atoms with Crippen molar-refractivity contribution >= 4 is 5.97 Å². The number of hydrogen-bond acceptors (Lipinski definition) is 2. The number of carbonyl (C=O) groups is 1. The molecule has 2 aromatic rings. The topological polar surface area (TPSA) is 26.3 Å². The van der Waals surface area contributed by atoms with Crippen LogP contribution in [-0.2, 0) is 10.2 Å². The molecule has 2 nitrogen and oxygen atoms in total. The summed E-state index contributed by atoms with van der Waals surface area (Å²) in [7, 11) is 0. The summed E-state index contributed by atoms with van der Waals surface area (Å²) < 4.78 is 5.35. The van der Waals surface area contributed by atoms with Crippen LogP contribution in [0.3, 0.4) is 0 Å². The van der Waals surface area contributed by atoms with Crippen molar-refractivity contribution in [2.75, 3.05) is 0 Å². The van der Waals surface area contributed by atoms with E-state index in [1.54, 1.807) is 0 Å². The normalized spacial score (nSPS) is 24.7. The van der Waals surface area contributed by atoms with Crippen molar-refractivity contribution in [3.8, 4) is 16.9 Å². The lowest BCUT2D eigenvalue weighted by Crippen LogP contribution is -2.44. The molecule has 0 radical (unpaired) electrons. The molecule has 0 spiro atoms. The maximum atomic E-state index is 11.8. The number of ether oxygens (including phenoxy) is 1. The Labute approximate surface area is 194 Å². The predicted molar refractivity (Wildman–Crippen MR) is 133 cm³/mol. The second-order valence-corrected chi connectivity index (χ2v) is 10.1. The lowest BCUT2D eigenvalue weighted by Gasteiger charge is -2.54. The molecule has 2 aromatic carbocycles. The highest BCUT2D eigenvalue weighted by molar-refractivity contribution is 5.84. The number of unbranched alkanes of at least 4 members (excludes halogenated alkanes) is 2. The van der Waals surface area contributed by atoms with Gasteiger partial charge in [0.1, 0.15) is 5.75 Å². The lowest BCUT2D eigenvalue weighted by atomic mass is 9.51. The lowest BCUT2D eigenvalue weighted by molar-refractivity contribution is -0.129. The molecule has 3 saturated carbocycles. The molecule has 3 fully saturated rings. The summed E-state index contributed by atoms with van der Waals surface area (Å²) in [4.78, 5) is 11.8. The molecule has 2 heteroatoms. The van der Waals surface area contributed by atoms with Crippen molar-refractivity contribution in [3.63, 3.8) is 0 Å². The molecule has 0 amide bonds. The first-order valence-electron chi connectivity index (χ1n) is 12.7. The molecule has 2 bridgehead atoms. The molecule has 0 heterocycles. The third kappa shape index (κ3) is 5.00. The summed E-state index contributed by atoms with van der Waals surface area (Å²) in [6, 6.07) is 17.1. The van der Waals surface area contributed by atoms with Crippen molar-refractivity contribution in [1.82, 2.24) is 0 Å². The van der Waals surface area contributed by atoms with Gasteiger partial charge >= 0.3 is 5.97 Å². The smallest absolute Gasteiger partial charge is 0.335 e. The fraction of sp³-hybridized carbons (Fsp3) is 0.500. The van der Waals surface area contributed by atoms with Gasteiger partial charge < -0.3 is 4.74 Å². The van der Waals surface area contributed by atoms with E-state index >= 15 is 0 Å². The van der Waals surface area contributed by atoms with Gasteiger partial charge in [-0.3, -0.25) is 0 Å². The van der Waals surface area contributed by atoms with Gasteiger partial charge in [0.05, 0.1) is 0 Å². The summed E-state index contributed by atoms with van der Waals surface area (Å²) >= 11 is 0. The molecule has 0 unspecified atom stereocenters. The van der Waals surface area contributed by atoms with Crippen LogP contribution in [0.15, 0.2) is 60.7 Å². The Balaban J connectivity index is 1.39. The average Bonchev–Trinajstić information content (AvgIpc) is 2.85. The molecule has 170 valence electrons. The highest BCUT2D eigenvalue weighted by atomic mass is 16.5. The zero-order valence-corrected chi connectivity index (χ0v) is 19.9. The van der Waals surface area contributed by atoms with Crippen LogP contribution in [0.25, 0.3) is 11.1 Å². The van der Waals surface area contributed by atoms with Crippen molar-refractivity contribution in [3.05, 3.63) is 66.2 Å². The summed E-state index contributed by atoms with van der Waals surface area (Å²) in [6.07, 6.45) is 18.1. The van der Waals surface area contributed by atoms with Gasteiger partial charge in [-0.15, -0.1) is 0 Å². The van der Waals surface area contributed by atoms with Gasteiger partial charge in [0.25, 0.3) is 0 Å². The van der Waals surface area contributed by atoms with Crippen molar-refractivity contribution in [2.45, 2.75) is 89.9 Å². The fourth-order valence-corrected chi connectivity index (χ4v) is 5.92. The van der Waals surface area contributed by atoms with Crippen molar-refractivity contribution < 1.29 is 9.53 Å². The quantitative estimate of drug-likeness (QED) is 0.173. The minimum absolute atomic E-state index is 0.322. The molecule has 32 heavy (non-hydrogen) atoms. The van der Waals surface area contributed by atoms with E-state index in [1.165, 1.54) is 81.4 Å². The minimum atomic E-state index is -0.322. The van der Waals surface area contributed by atoms with Gasteiger partial charge in [-0.05, 0) is 91.0 Å². The largest absolute Gasteiger partial charge is 0.423 e. The summed E-state index contributed by atoms with van der Waals surface area (Å²) in [6.45, 7) is 4.30. The number of hydrogen-bond donors (Lipinski definition) is 0. The van der Waals surface area contributed by atoms with Gasteiger partial charge in [-0.25, -0.2) is 4.79 Å². The monoisotopic (exact) mass is 430 g/mol. The molecular weight excluding hydrogens is 392 g/mol. The number of fused-ring (bicyclic) bond motifs is 3. The second kappa shape index (κ2) is 10.1. The Morgan fingerprint density at radius 2 is 1.44 bits per heavy atom. The van der Waals surface area contributed by atoms with Crippen LogP contribution < -0.4 is 4.74 Å². The maximum absolute atomic E-state index is 11.8. The first-order chi connectivity index (χ1) is 15.6. The number of rotatable bonds is 9. The molecule has 0 aliphatic heterocycles. The Hall–Kier alpha value is -2.35. The maximum Gasteiger partial charge on any atom is 0.335 e. The van der Waals surface area contributed by atoms with Gasteiger partial charge in [0.15, 0.2) is 0 Å². The molecule has 3 aliphatic carbocycles. The molecule has 0 atom stereocenters. The van der Waals surface area contributed by atoms with E-state index in [-0.39, 0.29) is 5.97 Å². The number of esters is 1. The highest BCUT2D eigenvalue weighted by Crippen LogP contribution is 2.59. The second-order valence-electron chi connectivity index (χ2n) is 10.1. The Kier molecular flexibility index (Phi) is 7.18. The molecule has 0 N–H and O–H groups in total. The third-order valence-electron chi connectivity index (χ3n) is 8.11. The molecule has 0 saturated heterocycles. The van der Waals surface area contributed by atoms with E-state index in [9.17, 15) is 4.79 Å². The minimum Gasteiger partial charge on any atom is -0.423 e. The van der Waals surface area contributed by atoms with Gasteiger partial charge in [-0.1, -0.05) is 75.6 Å². The standard InChI is InChI=1S/C30H38O2/c1-3-5-7-17-29-18-21-30(22-19-29,23-20-29)26-13-9-24(10-14-26)25-11-15-27(16-12-25)32-28(31)8-6-4-2/h6,8-16H,3-5,7,17-23H2,1-2H3/b8-6+. The first kappa shape index (κ1) is 22.8.